The van der Waals surface area contributed by atoms with E-state index in [9.17, 15) is 9.90 Å². The van der Waals surface area contributed by atoms with Crippen LogP contribution >= 0.6 is 11.3 Å². The highest BCUT2D eigenvalue weighted by atomic mass is 32.1. The molecule has 0 radical (unpaired) electrons. The lowest BCUT2D eigenvalue weighted by Gasteiger charge is -2.45. The van der Waals surface area contributed by atoms with Crippen LogP contribution in [-0.4, -0.2) is 42.3 Å². The average Bonchev–Trinajstić information content (AvgIpc) is 3.33. The Hall–Kier alpha value is -2.97. The Morgan fingerprint density at radius 2 is 1.93 bits per heavy atom. The zero-order chi connectivity index (χ0) is 20.2. The zero-order valence-electron chi connectivity index (χ0n) is 16.3. The number of piperidine rings is 1. The van der Waals surface area contributed by atoms with Crippen LogP contribution in [-0.2, 0) is 6.54 Å². The van der Waals surface area contributed by atoms with Crippen molar-refractivity contribution in [3.8, 4) is 5.88 Å². The molecular weight excluding hydrogens is 398 g/mol. The van der Waals surface area contributed by atoms with Crippen molar-refractivity contribution >= 4 is 16.3 Å². The molecule has 0 aliphatic carbocycles. The molecule has 1 aromatic carbocycles. The van der Waals surface area contributed by atoms with Crippen molar-refractivity contribution in [1.82, 2.24) is 24.1 Å². The van der Waals surface area contributed by atoms with Gasteiger partial charge in [0.1, 0.15) is 6.33 Å². The highest BCUT2D eigenvalue weighted by Crippen LogP contribution is 2.44. The Balaban J connectivity index is 1.45. The molecule has 3 atom stereocenters. The Morgan fingerprint density at radius 3 is 2.77 bits per heavy atom. The number of nitrogens with zero attached hydrogens (tertiary/aromatic N) is 5. The van der Waals surface area contributed by atoms with E-state index < -0.39 is 0 Å². The van der Waals surface area contributed by atoms with Crippen LogP contribution in [0, 0.1) is 5.92 Å². The summed E-state index contributed by atoms with van der Waals surface area (Å²) >= 11 is 1.49. The number of thiazole rings is 1. The number of hydrogen-bond donors (Lipinski definition) is 1. The molecule has 8 heteroatoms. The van der Waals surface area contributed by atoms with Crippen LogP contribution in [0.4, 0.5) is 0 Å². The number of hydrogen-bond acceptors (Lipinski definition) is 6. The van der Waals surface area contributed by atoms with E-state index in [1.807, 2.05) is 28.8 Å². The van der Waals surface area contributed by atoms with E-state index in [2.05, 4.69) is 33.2 Å². The maximum absolute atomic E-state index is 12.4. The van der Waals surface area contributed by atoms with Gasteiger partial charge in [-0.15, -0.1) is 0 Å². The van der Waals surface area contributed by atoms with Gasteiger partial charge in [-0.05, 0) is 24.0 Å². The van der Waals surface area contributed by atoms with Crippen LogP contribution in [0.2, 0.25) is 0 Å². The molecule has 0 amide bonds. The molecule has 1 N–H and O–H groups in total. The number of aromatic nitrogens is 4. The Morgan fingerprint density at radius 1 is 1.07 bits per heavy atom. The van der Waals surface area contributed by atoms with E-state index in [0.717, 1.165) is 42.2 Å². The summed E-state index contributed by atoms with van der Waals surface area (Å²) in [5.74, 6) is 0.877. The first-order valence-corrected chi connectivity index (χ1v) is 11.0. The second kappa shape index (κ2) is 6.78. The summed E-state index contributed by atoms with van der Waals surface area (Å²) in [5.41, 5.74) is 2.36. The zero-order valence-corrected chi connectivity index (χ0v) is 17.1. The number of rotatable bonds is 3. The van der Waals surface area contributed by atoms with Crippen LogP contribution in [0.3, 0.4) is 0 Å². The second-order valence-corrected chi connectivity index (χ2v) is 9.22. The van der Waals surface area contributed by atoms with E-state index in [-0.39, 0.29) is 17.5 Å². The van der Waals surface area contributed by atoms with Crippen LogP contribution in [0.5, 0.6) is 5.88 Å². The molecule has 2 aliphatic heterocycles. The number of fused-ring (bicyclic) bond motifs is 5. The van der Waals surface area contributed by atoms with Gasteiger partial charge in [0.05, 0.1) is 10.9 Å². The van der Waals surface area contributed by atoms with Crippen molar-refractivity contribution in [3.05, 3.63) is 81.3 Å². The number of likely N-dealkylation sites (tertiary alicyclic amines) is 1. The highest BCUT2D eigenvalue weighted by molar-refractivity contribution is 7.17. The molecule has 2 bridgehead atoms. The third kappa shape index (κ3) is 2.71. The van der Waals surface area contributed by atoms with Gasteiger partial charge in [-0.2, -0.15) is 9.61 Å². The molecule has 1 saturated heterocycles. The normalized spacial score (nSPS) is 22.1. The molecule has 3 aromatic heterocycles. The van der Waals surface area contributed by atoms with Crippen LogP contribution in [0.15, 0.2) is 59.7 Å². The number of pyridine rings is 1. The lowest BCUT2D eigenvalue weighted by molar-refractivity contribution is 0.0952. The van der Waals surface area contributed by atoms with Crippen LogP contribution in [0.25, 0.3) is 4.96 Å². The maximum atomic E-state index is 12.4. The summed E-state index contributed by atoms with van der Waals surface area (Å²) in [6.07, 6.45) is 2.57. The summed E-state index contributed by atoms with van der Waals surface area (Å²) in [4.78, 5) is 20.7. The number of aromatic hydroxyl groups is 1. The monoisotopic (exact) mass is 419 g/mol. The minimum Gasteiger partial charge on any atom is -0.492 e. The van der Waals surface area contributed by atoms with Crippen molar-refractivity contribution in [1.29, 1.82) is 0 Å². The standard InChI is InChI=1S/C22H21N5O2S/c28-18-8-4-7-17-16-9-14(11-26(17)18)10-25(12-16)19(15-5-2-1-3-6-15)20-21(29)27-22(30-20)23-13-24-27/h1-8,13-14,16,19,29H,9-12H2/t14-,16-,19+/m0/s1. The summed E-state index contributed by atoms with van der Waals surface area (Å²) < 4.78 is 3.46. The van der Waals surface area contributed by atoms with Crippen molar-refractivity contribution in [2.24, 2.45) is 5.92 Å². The molecule has 6 rings (SSSR count). The van der Waals surface area contributed by atoms with Crippen molar-refractivity contribution in [3.63, 3.8) is 0 Å². The summed E-state index contributed by atoms with van der Waals surface area (Å²) in [6, 6.07) is 15.8. The van der Waals surface area contributed by atoms with E-state index >= 15 is 0 Å². The lowest BCUT2D eigenvalue weighted by Crippen LogP contribution is -2.48. The molecule has 2 aliphatic rings. The minimum atomic E-state index is -0.0769. The summed E-state index contributed by atoms with van der Waals surface area (Å²) in [5, 5.41) is 15.1. The van der Waals surface area contributed by atoms with Crippen molar-refractivity contribution in [2.75, 3.05) is 13.1 Å². The second-order valence-electron chi connectivity index (χ2n) is 8.21. The third-order valence-electron chi connectivity index (χ3n) is 6.38. The van der Waals surface area contributed by atoms with E-state index in [1.165, 1.54) is 22.2 Å². The average molecular weight is 420 g/mol. The van der Waals surface area contributed by atoms with Gasteiger partial charge in [0.2, 0.25) is 10.8 Å². The summed E-state index contributed by atoms with van der Waals surface area (Å²) in [6.45, 7) is 2.47. The van der Waals surface area contributed by atoms with Gasteiger partial charge in [0, 0.05) is 37.3 Å². The molecule has 0 unspecified atom stereocenters. The van der Waals surface area contributed by atoms with Gasteiger partial charge < -0.3 is 9.67 Å². The van der Waals surface area contributed by atoms with Gasteiger partial charge in [-0.25, -0.2) is 4.98 Å². The van der Waals surface area contributed by atoms with Crippen LogP contribution in [0.1, 0.15) is 34.5 Å². The first-order chi connectivity index (χ1) is 14.7. The van der Waals surface area contributed by atoms with Gasteiger partial charge in [-0.1, -0.05) is 47.7 Å². The van der Waals surface area contributed by atoms with E-state index in [4.69, 9.17) is 0 Å². The summed E-state index contributed by atoms with van der Waals surface area (Å²) in [7, 11) is 0. The maximum Gasteiger partial charge on any atom is 0.250 e. The third-order valence-corrected chi connectivity index (χ3v) is 7.46. The molecule has 152 valence electrons. The molecule has 30 heavy (non-hydrogen) atoms. The molecular formula is C22H21N5O2S. The Kier molecular flexibility index (Phi) is 4.04. The fraction of sp³-hybridized carbons (Fsp3) is 0.318. The Bertz CT molecular complexity index is 1280. The lowest BCUT2D eigenvalue weighted by atomic mass is 9.82. The largest absolute Gasteiger partial charge is 0.492 e. The van der Waals surface area contributed by atoms with E-state index in [0.29, 0.717) is 16.8 Å². The molecule has 7 nitrogen and oxygen atoms in total. The predicted molar refractivity (Wildman–Crippen MR) is 114 cm³/mol. The van der Waals surface area contributed by atoms with Gasteiger partial charge in [0.25, 0.3) is 5.56 Å². The predicted octanol–water partition coefficient (Wildman–Crippen LogP) is 2.87. The van der Waals surface area contributed by atoms with Gasteiger partial charge in [-0.3, -0.25) is 9.69 Å². The van der Waals surface area contributed by atoms with Crippen molar-refractivity contribution < 1.29 is 5.11 Å². The van der Waals surface area contributed by atoms with Crippen molar-refractivity contribution in [2.45, 2.75) is 24.9 Å². The minimum absolute atomic E-state index is 0.0769. The van der Waals surface area contributed by atoms with E-state index in [1.54, 1.807) is 6.07 Å². The Labute approximate surface area is 176 Å². The molecule has 0 spiro atoms. The molecule has 4 aromatic rings. The molecule has 5 heterocycles. The van der Waals surface area contributed by atoms with Gasteiger partial charge in [0.15, 0.2) is 0 Å². The van der Waals surface area contributed by atoms with Gasteiger partial charge >= 0.3 is 0 Å². The fourth-order valence-electron chi connectivity index (χ4n) is 5.18. The smallest absolute Gasteiger partial charge is 0.250 e. The first kappa shape index (κ1) is 17.9. The molecule has 0 saturated carbocycles. The highest BCUT2D eigenvalue weighted by Gasteiger charge is 2.39. The topological polar surface area (TPSA) is 75.7 Å². The quantitative estimate of drug-likeness (QED) is 0.553. The first-order valence-electron chi connectivity index (χ1n) is 10.2. The van der Waals surface area contributed by atoms with Crippen LogP contribution < -0.4 is 5.56 Å². The molecule has 1 fully saturated rings. The SMILES string of the molecule is O=c1cccc2n1C[C@H]1C[C@H]2CN([C@H](c2ccccc2)c2sc3ncnn3c2O)C1. The fourth-order valence-corrected chi connectivity index (χ4v) is 6.27. The number of benzene rings is 1.